The van der Waals surface area contributed by atoms with Crippen molar-refractivity contribution in [1.29, 1.82) is 0 Å². The van der Waals surface area contributed by atoms with Gasteiger partial charge in [-0.15, -0.1) is 0 Å². The van der Waals surface area contributed by atoms with E-state index in [2.05, 4.69) is 27.4 Å². The molecule has 4 heteroatoms. The minimum atomic E-state index is -0.543. The number of aliphatic hydroxyl groups is 1. The van der Waals surface area contributed by atoms with Gasteiger partial charge in [0, 0.05) is 11.6 Å². The molecule has 0 spiro atoms. The van der Waals surface area contributed by atoms with Crippen LogP contribution in [0.3, 0.4) is 0 Å². The Morgan fingerprint density at radius 2 is 2.00 bits per heavy atom. The molecule has 3 aliphatic rings. The first-order chi connectivity index (χ1) is 12.2. The summed E-state index contributed by atoms with van der Waals surface area (Å²) in [5.41, 5.74) is 1.33. The minimum Gasteiger partial charge on any atom is -0.504 e. The largest absolute Gasteiger partial charge is 0.504 e. The number of hydrogen-bond acceptors (Lipinski definition) is 4. The van der Waals surface area contributed by atoms with Gasteiger partial charge in [-0.3, -0.25) is 9.59 Å². The van der Waals surface area contributed by atoms with E-state index in [1.54, 1.807) is 0 Å². The van der Waals surface area contributed by atoms with Crippen LogP contribution < -0.4 is 0 Å². The third-order valence-electron chi connectivity index (χ3n) is 7.78. The van der Waals surface area contributed by atoms with E-state index in [0.29, 0.717) is 18.3 Å². The highest BCUT2D eigenvalue weighted by atomic mass is 16.5. The lowest BCUT2D eigenvalue weighted by Gasteiger charge is -2.61. The van der Waals surface area contributed by atoms with E-state index >= 15 is 0 Å². The van der Waals surface area contributed by atoms with Crippen molar-refractivity contribution in [2.24, 2.45) is 22.7 Å². The second kappa shape index (κ2) is 6.40. The van der Waals surface area contributed by atoms with Crippen molar-refractivity contribution in [2.45, 2.75) is 59.3 Å². The molecule has 0 aliphatic heterocycles. The molecular formula is C22H30O4. The van der Waals surface area contributed by atoms with Crippen LogP contribution in [0.5, 0.6) is 0 Å². The number of hydrogen-bond donors (Lipinski definition) is 1. The lowest BCUT2D eigenvalue weighted by Crippen LogP contribution is -2.53. The molecule has 26 heavy (non-hydrogen) atoms. The molecule has 2 saturated carbocycles. The number of ketones is 2. The predicted molar refractivity (Wildman–Crippen MR) is 100 cm³/mol. The third-order valence-corrected chi connectivity index (χ3v) is 7.78. The Kier molecular flexibility index (Phi) is 4.66. The van der Waals surface area contributed by atoms with Gasteiger partial charge in [-0.05, 0) is 61.2 Å². The summed E-state index contributed by atoms with van der Waals surface area (Å²) in [5, 5.41) is 10.4. The number of rotatable bonds is 3. The van der Waals surface area contributed by atoms with Crippen molar-refractivity contribution in [3.63, 3.8) is 0 Å². The zero-order valence-electron chi connectivity index (χ0n) is 16.4. The minimum absolute atomic E-state index is 0.00496. The number of ether oxygens (including phenoxy) is 1. The number of allylic oxidation sites excluding steroid dienone is 3. The monoisotopic (exact) mass is 358 g/mol. The molecule has 0 aromatic heterocycles. The van der Waals surface area contributed by atoms with Crippen LogP contribution >= 0.6 is 0 Å². The summed E-state index contributed by atoms with van der Waals surface area (Å²) in [5.74, 6) is -0.479. The van der Waals surface area contributed by atoms with Gasteiger partial charge < -0.3 is 9.84 Å². The number of methoxy groups -OCH3 is 1. The third kappa shape index (κ3) is 2.57. The van der Waals surface area contributed by atoms with Gasteiger partial charge in [-0.1, -0.05) is 32.9 Å². The van der Waals surface area contributed by atoms with E-state index in [-0.39, 0.29) is 27.9 Å². The number of Topliss-reactive ketones (excluding diaryl/α,β-unsaturated/α-hetero) is 1. The van der Waals surface area contributed by atoms with Crippen LogP contribution in [-0.2, 0) is 14.3 Å². The second-order valence-electron chi connectivity index (χ2n) is 8.79. The molecule has 0 bridgehead atoms. The summed E-state index contributed by atoms with van der Waals surface area (Å²) in [4.78, 5) is 24.9. The highest BCUT2D eigenvalue weighted by molar-refractivity contribution is 6.20. The number of carbonyl (C=O) groups is 2. The Morgan fingerprint density at radius 3 is 2.65 bits per heavy atom. The van der Waals surface area contributed by atoms with E-state index in [1.807, 2.05) is 0 Å². The van der Waals surface area contributed by atoms with Crippen molar-refractivity contribution in [3.8, 4) is 0 Å². The first kappa shape index (κ1) is 18.9. The Balaban J connectivity index is 2.03. The molecule has 0 heterocycles. The molecule has 4 atom stereocenters. The number of carbonyl (C=O) groups excluding carboxylic acids is 2. The van der Waals surface area contributed by atoms with Gasteiger partial charge in [-0.25, -0.2) is 0 Å². The average Bonchev–Trinajstić information content (AvgIpc) is 2.59. The van der Waals surface area contributed by atoms with Crippen molar-refractivity contribution in [2.75, 3.05) is 7.11 Å². The smallest absolute Gasteiger partial charge is 0.227 e. The molecule has 0 amide bonds. The standard InChI is InChI=1S/C22H30O4/c1-13-7-6-10-21(3)16(13)9-8-14(2)22(21,4)12-15-19(24)17(23)11-18(26-5)20(15)25/h11,14,16,24H,1,6-10,12H2,2-5H3. The quantitative estimate of drug-likeness (QED) is 0.588. The first-order valence-corrected chi connectivity index (χ1v) is 9.60. The normalized spacial score (nSPS) is 38.2. The molecule has 0 radical (unpaired) electrons. The zero-order valence-corrected chi connectivity index (χ0v) is 16.4. The van der Waals surface area contributed by atoms with E-state index in [4.69, 9.17) is 4.74 Å². The van der Waals surface area contributed by atoms with E-state index < -0.39 is 11.5 Å². The predicted octanol–water partition coefficient (Wildman–Crippen LogP) is 4.67. The van der Waals surface area contributed by atoms with Crippen LogP contribution in [0.4, 0.5) is 0 Å². The van der Waals surface area contributed by atoms with Crippen LogP contribution in [-0.4, -0.2) is 23.8 Å². The van der Waals surface area contributed by atoms with Gasteiger partial charge >= 0.3 is 0 Å². The van der Waals surface area contributed by atoms with Gasteiger partial charge in [0.2, 0.25) is 11.6 Å². The summed E-state index contributed by atoms with van der Waals surface area (Å²) in [6, 6.07) is 0. The van der Waals surface area contributed by atoms with Gasteiger partial charge in [0.25, 0.3) is 0 Å². The molecule has 0 aromatic rings. The molecule has 4 nitrogen and oxygen atoms in total. The molecule has 0 aromatic carbocycles. The Hall–Kier alpha value is -1.84. The van der Waals surface area contributed by atoms with Crippen LogP contribution in [0, 0.1) is 22.7 Å². The van der Waals surface area contributed by atoms with E-state index in [1.165, 1.54) is 12.7 Å². The highest BCUT2D eigenvalue weighted by Gasteiger charge is 2.57. The fourth-order valence-corrected chi connectivity index (χ4v) is 5.70. The lowest BCUT2D eigenvalue weighted by molar-refractivity contribution is -0.121. The fourth-order valence-electron chi connectivity index (χ4n) is 5.70. The lowest BCUT2D eigenvalue weighted by atomic mass is 9.44. The van der Waals surface area contributed by atoms with Crippen molar-refractivity contribution in [1.82, 2.24) is 0 Å². The zero-order chi connectivity index (χ0) is 19.3. The topological polar surface area (TPSA) is 63.6 Å². The van der Waals surface area contributed by atoms with Crippen LogP contribution in [0.15, 0.2) is 35.3 Å². The van der Waals surface area contributed by atoms with Crippen molar-refractivity contribution < 1.29 is 19.4 Å². The van der Waals surface area contributed by atoms with Gasteiger partial charge in [-0.2, -0.15) is 0 Å². The molecule has 3 rings (SSSR count). The maximum absolute atomic E-state index is 12.8. The van der Waals surface area contributed by atoms with Crippen LogP contribution in [0.1, 0.15) is 59.3 Å². The van der Waals surface area contributed by atoms with Gasteiger partial charge in [0.1, 0.15) is 0 Å². The maximum atomic E-state index is 12.8. The number of aliphatic hydroxyl groups excluding tert-OH is 1. The first-order valence-electron chi connectivity index (χ1n) is 9.60. The van der Waals surface area contributed by atoms with Gasteiger partial charge in [0.15, 0.2) is 11.5 Å². The van der Waals surface area contributed by atoms with E-state index in [9.17, 15) is 14.7 Å². The Morgan fingerprint density at radius 1 is 1.31 bits per heavy atom. The molecule has 1 N–H and O–H groups in total. The summed E-state index contributed by atoms with van der Waals surface area (Å²) in [6.07, 6.45) is 6.95. The molecule has 2 fully saturated rings. The van der Waals surface area contributed by atoms with Crippen molar-refractivity contribution in [3.05, 3.63) is 35.3 Å². The fraction of sp³-hybridized carbons (Fsp3) is 0.636. The SMILES string of the molecule is C=C1CCCC2(C)C1CCC(C)C2(C)CC1=C(O)C(=O)C=C(OC)C1=O. The van der Waals surface area contributed by atoms with Crippen LogP contribution in [0.2, 0.25) is 0 Å². The molecule has 4 unspecified atom stereocenters. The van der Waals surface area contributed by atoms with Gasteiger partial charge in [0.05, 0.1) is 7.11 Å². The highest BCUT2D eigenvalue weighted by Crippen LogP contribution is 2.65. The molecule has 0 saturated heterocycles. The molecule has 3 aliphatic carbocycles. The van der Waals surface area contributed by atoms with Crippen molar-refractivity contribution >= 4 is 11.6 Å². The average molecular weight is 358 g/mol. The summed E-state index contributed by atoms with van der Waals surface area (Å²) >= 11 is 0. The Labute approximate surface area is 156 Å². The second-order valence-corrected chi connectivity index (χ2v) is 8.79. The maximum Gasteiger partial charge on any atom is 0.227 e. The Bertz CT molecular complexity index is 728. The summed E-state index contributed by atoms with van der Waals surface area (Å²) in [6.45, 7) is 11.1. The van der Waals surface area contributed by atoms with Crippen LogP contribution in [0.25, 0.3) is 0 Å². The molecular weight excluding hydrogens is 328 g/mol. The summed E-state index contributed by atoms with van der Waals surface area (Å²) in [7, 11) is 1.38. The summed E-state index contributed by atoms with van der Waals surface area (Å²) < 4.78 is 5.08. The van der Waals surface area contributed by atoms with E-state index in [0.717, 1.165) is 38.2 Å². The number of fused-ring (bicyclic) bond motifs is 1. The molecule has 142 valence electrons.